The number of nitrogens with zero attached hydrogens (tertiary/aromatic N) is 4. The maximum Gasteiger partial charge on any atom is 0.490 e. The molecular weight excluding hydrogens is 655 g/mol. The predicted molar refractivity (Wildman–Crippen MR) is 136 cm³/mol. The summed E-state index contributed by atoms with van der Waals surface area (Å²) >= 11 is 0. The van der Waals surface area contributed by atoms with Gasteiger partial charge in [0.25, 0.3) is 0 Å². The van der Waals surface area contributed by atoms with E-state index in [-0.39, 0.29) is 5.41 Å². The van der Waals surface area contributed by atoms with Crippen molar-refractivity contribution in [2.75, 3.05) is 39.4 Å². The van der Waals surface area contributed by atoms with Crippen LogP contribution in [0.1, 0.15) is 18.2 Å². The molecule has 4 rings (SSSR count). The van der Waals surface area contributed by atoms with Crippen LogP contribution >= 0.6 is 0 Å². The van der Waals surface area contributed by atoms with Crippen LogP contribution in [0.4, 0.5) is 39.5 Å². The van der Waals surface area contributed by atoms with E-state index in [9.17, 15) is 39.5 Å². The van der Waals surface area contributed by atoms with Crippen molar-refractivity contribution in [3.05, 3.63) is 42.1 Å². The van der Waals surface area contributed by atoms with Crippen molar-refractivity contribution in [3.63, 3.8) is 0 Å². The van der Waals surface area contributed by atoms with E-state index in [1.54, 1.807) is 6.26 Å². The molecule has 262 valence electrons. The lowest BCUT2D eigenvalue weighted by molar-refractivity contribution is -0.193. The summed E-state index contributed by atoms with van der Waals surface area (Å²) in [6.07, 6.45) is -9.41. The fourth-order valence-corrected chi connectivity index (χ4v) is 4.37. The fourth-order valence-electron chi connectivity index (χ4n) is 4.37. The summed E-state index contributed by atoms with van der Waals surface area (Å²) < 4.78 is 109. The molecule has 2 atom stereocenters. The molecule has 21 heteroatoms. The van der Waals surface area contributed by atoms with Gasteiger partial charge in [0.15, 0.2) is 0 Å². The van der Waals surface area contributed by atoms with Crippen molar-refractivity contribution in [1.82, 2.24) is 19.6 Å². The molecular formula is C25H31F9N4O8. The van der Waals surface area contributed by atoms with Crippen LogP contribution in [0, 0.1) is 11.3 Å². The molecule has 4 heterocycles. The van der Waals surface area contributed by atoms with Gasteiger partial charge in [-0.3, -0.25) is 14.5 Å². The monoisotopic (exact) mass is 686 g/mol. The first-order valence-electron chi connectivity index (χ1n) is 12.9. The second kappa shape index (κ2) is 16.6. The normalized spacial score (nSPS) is 20.7. The lowest BCUT2D eigenvalue weighted by Gasteiger charge is -2.35. The Hall–Kier alpha value is -3.85. The summed E-state index contributed by atoms with van der Waals surface area (Å²) in [7, 11) is 1.97. The minimum atomic E-state index is -5.08. The largest absolute Gasteiger partial charge is 0.490 e. The van der Waals surface area contributed by atoms with Gasteiger partial charge in [0.1, 0.15) is 5.76 Å². The number of furan rings is 1. The zero-order chi connectivity index (χ0) is 35.5. The summed E-state index contributed by atoms with van der Waals surface area (Å²) in [6, 6.07) is 4.03. The minimum absolute atomic E-state index is 0.200. The Morgan fingerprint density at radius 1 is 0.913 bits per heavy atom. The van der Waals surface area contributed by atoms with E-state index in [4.69, 9.17) is 38.9 Å². The van der Waals surface area contributed by atoms with Crippen molar-refractivity contribution in [2.45, 2.75) is 38.5 Å². The number of rotatable bonds is 4. The van der Waals surface area contributed by atoms with Crippen LogP contribution in [0.5, 0.6) is 0 Å². The van der Waals surface area contributed by atoms with Crippen LogP contribution < -0.4 is 0 Å². The first-order valence-corrected chi connectivity index (χ1v) is 12.9. The standard InChI is InChI=1S/C19H28N4O2.3C2HF3O2/c1-16-9-23(12-18-4-3-6-25-18)14-19(16)13-22(5-7-24-15-19)11-17-8-20-21(2)10-17;3*3-2(4,5)1(6)7/h3-4,6,8,10,16H,5,7,9,11-15H2,1-2H3;3*(H,6,7)/t16-,19-;;;/m0.../s1. The first-order chi connectivity index (χ1) is 21.0. The number of hydrogen-bond acceptors (Lipinski definition) is 8. The van der Waals surface area contributed by atoms with Crippen molar-refractivity contribution in [1.29, 1.82) is 0 Å². The third-order valence-corrected chi connectivity index (χ3v) is 6.45. The Kier molecular flexibility index (Phi) is 14.5. The van der Waals surface area contributed by atoms with Crippen LogP contribution in [0.2, 0.25) is 0 Å². The van der Waals surface area contributed by atoms with E-state index < -0.39 is 36.4 Å². The third kappa shape index (κ3) is 14.1. The van der Waals surface area contributed by atoms with Crippen LogP contribution in [-0.4, -0.2) is 111 Å². The number of ether oxygens (including phenoxy) is 1. The maximum absolute atomic E-state index is 10.6. The number of alkyl halides is 9. The lowest BCUT2D eigenvalue weighted by atomic mass is 9.79. The summed E-state index contributed by atoms with van der Waals surface area (Å²) in [4.78, 5) is 31.7. The molecule has 0 saturated carbocycles. The maximum atomic E-state index is 10.6. The number of aryl methyl sites for hydroxylation is 1. The van der Waals surface area contributed by atoms with E-state index in [1.165, 1.54) is 5.56 Å². The van der Waals surface area contributed by atoms with Crippen molar-refractivity contribution in [3.8, 4) is 0 Å². The second-order valence-corrected chi connectivity index (χ2v) is 10.2. The number of carboxylic acid groups (broad SMARTS) is 3. The number of carbonyl (C=O) groups is 3. The van der Waals surface area contributed by atoms with Crippen molar-refractivity contribution in [2.24, 2.45) is 18.4 Å². The molecule has 0 bridgehead atoms. The van der Waals surface area contributed by atoms with Gasteiger partial charge < -0.3 is 24.5 Å². The van der Waals surface area contributed by atoms with E-state index in [1.807, 2.05) is 24.0 Å². The average molecular weight is 687 g/mol. The Balaban J connectivity index is 0.000000413. The molecule has 2 saturated heterocycles. The van der Waals surface area contributed by atoms with Crippen LogP contribution in [-0.2, 0) is 39.3 Å². The van der Waals surface area contributed by atoms with Gasteiger partial charge in [-0.15, -0.1) is 0 Å². The Bertz CT molecular complexity index is 1190. The Labute approximate surface area is 254 Å². The van der Waals surface area contributed by atoms with E-state index in [0.29, 0.717) is 5.92 Å². The third-order valence-electron chi connectivity index (χ3n) is 6.45. The summed E-state index contributed by atoms with van der Waals surface area (Å²) in [5.41, 5.74) is 1.48. The molecule has 2 aromatic heterocycles. The molecule has 2 aliphatic heterocycles. The molecule has 3 N–H and O–H groups in total. The molecule has 1 spiro atoms. The molecule has 0 unspecified atom stereocenters. The quantitative estimate of drug-likeness (QED) is 0.401. The Morgan fingerprint density at radius 2 is 1.41 bits per heavy atom. The topological polar surface area (TPSA) is 159 Å². The number of likely N-dealkylation sites (tertiary alicyclic amines) is 1. The number of halogens is 9. The molecule has 0 radical (unpaired) electrons. The van der Waals surface area contributed by atoms with Gasteiger partial charge in [0.05, 0.1) is 32.2 Å². The average Bonchev–Trinajstić information content (AvgIpc) is 3.59. The van der Waals surface area contributed by atoms with Gasteiger partial charge >= 0.3 is 36.4 Å². The second-order valence-electron chi connectivity index (χ2n) is 10.2. The molecule has 0 aliphatic carbocycles. The van der Waals surface area contributed by atoms with Gasteiger partial charge in [-0.1, -0.05) is 6.92 Å². The summed E-state index contributed by atoms with van der Waals surface area (Å²) in [5.74, 6) is -6.62. The highest BCUT2D eigenvalue weighted by Gasteiger charge is 2.46. The Morgan fingerprint density at radius 3 is 1.83 bits per heavy atom. The van der Waals surface area contributed by atoms with Gasteiger partial charge in [-0.05, 0) is 18.1 Å². The van der Waals surface area contributed by atoms with E-state index in [2.05, 4.69) is 34.1 Å². The predicted octanol–water partition coefficient (Wildman–Crippen LogP) is 3.88. The van der Waals surface area contributed by atoms with Crippen molar-refractivity contribution < 1.29 is 78.4 Å². The van der Waals surface area contributed by atoms with Crippen LogP contribution in [0.25, 0.3) is 0 Å². The molecule has 2 aliphatic rings. The molecule has 2 fully saturated rings. The lowest BCUT2D eigenvalue weighted by Crippen LogP contribution is -2.43. The minimum Gasteiger partial charge on any atom is -0.475 e. The van der Waals surface area contributed by atoms with E-state index in [0.717, 1.165) is 58.2 Å². The van der Waals surface area contributed by atoms with Crippen LogP contribution in [0.15, 0.2) is 35.2 Å². The number of hydrogen-bond donors (Lipinski definition) is 3. The molecule has 0 aromatic carbocycles. The molecule has 0 amide bonds. The molecule has 2 aromatic rings. The van der Waals surface area contributed by atoms with Crippen molar-refractivity contribution >= 4 is 17.9 Å². The van der Waals surface area contributed by atoms with Gasteiger partial charge in [-0.25, -0.2) is 14.4 Å². The fraction of sp³-hybridized carbons (Fsp3) is 0.600. The number of aliphatic carboxylic acids is 3. The van der Waals surface area contributed by atoms with Crippen LogP contribution in [0.3, 0.4) is 0 Å². The smallest absolute Gasteiger partial charge is 0.475 e. The van der Waals surface area contributed by atoms with Gasteiger partial charge in [0, 0.05) is 56.9 Å². The van der Waals surface area contributed by atoms with Gasteiger partial charge in [-0.2, -0.15) is 44.6 Å². The number of aromatic nitrogens is 2. The zero-order valence-electron chi connectivity index (χ0n) is 24.2. The zero-order valence-corrected chi connectivity index (χ0v) is 24.2. The molecule has 46 heavy (non-hydrogen) atoms. The molecule has 12 nitrogen and oxygen atoms in total. The van der Waals surface area contributed by atoms with Gasteiger partial charge in [0.2, 0.25) is 0 Å². The number of carboxylic acids is 3. The van der Waals surface area contributed by atoms with E-state index >= 15 is 0 Å². The summed E-state index contributed by atoms with van der Waals surface area (Å²) in [6.45, 7) is 10.1. The highest BCUT2D eigenvalue weighted by Crippen LogP contribution is 2.39. The highest BCUT2D eigenvalue weighted by atomic mass is 19.4. The first kappa shape index (κ1) is 40.2. The SMILES string of the molecule is C[C@H]1CN(Cc2ccco2)C[C@@]12COCCN(Cc1cnn(C)c1)C2.O=C(O)C(F)(F)F.O=C(O)C(F)(F)F.O=C(O)C(F)(F)F. The summed E-state index contributed by atoms with van der Waals surface area (Å²) in [5, 5.41) is 25.7. The highest BCUT2D eigenvalue weighted by molar-refractivity contribution is 5.73.